The van der Waals surface area contributed by atoms with Crippen LogP contribution in [-0.2, 0) is 4.79 Å². The van der Waals surface area contributed by atoms with Gasteiger partial charge >= 0.3 is 0 Å². The molecule has 2 atom stereocenters. The van der Waals surface area contributed by atoms with Crippen molar-refractivity contribution < 1.29 is 9.53 Å². The smallest absolute Gasteiger partial charge is 0.227 e. The Bertz CT molecular complexity index is 479. The Morgan fingerprint density at radius 1 is 1.50 bits per heavy atom. The van der Waals surface area contributed by atoms with Gasteiger partial charge in [0.05, 0.1) is 12.3 Å². The second kappa shape index (κ2) is 6.95. The zero-order valence-electron chi connectivity index (χ0n) is 11.7. The second-order valence-corrected chi connectivity index (χ2v) is 5.53. The summed E-state index contributed by atoms with van der Waals surface area (Å²) in [5, 5.41) is 3.54. The van der Waals surface area contributed by atoms with Gasteiger partial charge < -0.3 is 15.8 Å². The first-order chi connectivity index (χ1) is 9.65. The van der Waals surface area contributed by atoms with E-state index in [2.05, 4.69) is 5.32 Å². The summed E-state index contributed by atoms with van der Waals surface area (Å²) < 4.78 is 5.51. The topological polar surface area (TPSA) is 64.3 Å². The highest BCUT2D eigenvalue weighted by atomic mass is 35.5. The standard InChI is InChI=1S/C15H21ClN2O2/c1-2-20-14-8-11(16)6-7-13(14)18-15(19)12-5-3-4-10(12)9-17/h6-8,10,12H,2-5,9,17H2,1H3,(H,18,19)/t10-,12-/m1/s1. The predicted molar refractivity (Wildman–Crippen MR) is 81.1 cm³/mol. The van der Waals surface area contributed by atoms with E-state index in [1.54, 1.807) is 18.2 Å². The minimum absolute atomic E-state index is 0.00477. The molecule has 4 nitrogen and oxygen atoms in total. The Kier molecular flexibility index (Phi) is 5.26. The van der Waals surface area contributed by atoms with E-state index in [9.17, 15) is 4.79 Å². The van der Waals surface area contributed by atoms with Gasteiger partial charge in [0.25, 0.3) is 0 Å². The zero-order valence-corrected chi connectivity index (χ0v) is 12.5. The van der Waals surface area contributed by atoms with Crippen LogP contribution in [0.5, 0.6) is 5.75 Å². The van der Waals surface area contributed by atoms with Crippen LogP contribution < -0.4 is 15.8 Å². The first-order valence-corrected chi connectivity index (χ1v) is 7.46. The molecule has 1 saturated carbocycles. The molecular formula is C15H21ClN2O2. The van der Waals surface area contributed by atoms with Crippen LogP contribution in [0.2, 0.25) is 5.02 Å². The minimum Gasteiger partial charge on any atom is -0.492 e. The van der Waals surface area contributed by atoms with Crippen LogP contribution in [0.4, 0.5) is 5.69 Å². The van der Waals surface area contributed by atoms with E-state index < -0.39 is 0 Å². The average molecular weight is 297 g/mol. The van der Waals surface area contributed by atoms with Crippen molar-refractivity contribution in [1.82, 2.24) is 0 Å². The van der Waals surface area contributed by atoms with Crippen LogP contribution in [0.1, 0.15) is 26.2 Å². The van der Waals surface area contributed by atoms with Crippen LogP contribution in [0.25, 0.3) is 0 Å². The maximum Gasteiger partial charge on any atom is 0.227 e. The molecule has 1 aromatic rings. The number of rotatable bonds is 5. The van der Waals surface area contributed by atoms with E-state index in [0.29, 0.717) is 29.6 Å². The van der Waals surface area contributed by atoms with Gasteiger partial charge in [-0.2, -0.15) is 0 Å². The van der Waals surface area contributed by atoms with E-state index >= 15 is 0 Å². The van der Waals surface area contributed by atoms with Crippen molar-refractivity contribution in [2.45, 2.75) is 26.2 Å². The second-order valence-electron chi connectivity index (χ2n) is 5.10. The van der Waals surface area contributed by atoms with Crippen LogP contribution >= 0.6 is 11.6 Å². The highest BCUT2D eigenvalue weighted by Crippen LogP contribution is 2.34. The first-order valence-electron chi connectivity index (χ1n) is 7.09. The van der Waals surface area contributed by atoms with E-state index in [-0.39, 0.29) is 17.7 Å². The number of carbonyl (C=O) groups is 1. The summed E-state index contributed by atoms with van der Waals surface area (Å²) in [4.78, 5) is 12.4. The summed E-state index contributed by atoms with van der Waals surface area (Å²) in [5.41, 5.74) is 6.40. The van der Waals surface area contributed by atoms with Crippen molar-refractivity contribution in [2.75, 3.05) is 18.5 Å². The van der Waals surface area contributed by atoms with E-state index in [1.165, 1.54) is 0 Å². The summed E-state index contributed by atoms with van der Waals surface area (Å²) in [6.45, 7) is 2.99. The number of anilines is 1. The molecule has 20 heavy (non-hydrogen) atoms. The summed E-state index contributed by atoms with van der Waals surface area (Å²) in [7, 11) is 0. The lowest BCUT2D eigenvalue weighted by molar-refractivity contribution is -0.120. The fourth-order valence-corrected chi connectivity index (χ4v) is 2.93. The van der Waals surface area contributed by atoms with Gasteiger partial charge in [-0.05, 0) is 44.4 Å². The molecule has 0 spiro atoms. The largest absolute Gasteiger partial charge is 0.492 e. The van der Waals surface area contributed by atoms with Gasteiger partial charge in [-0.3, -0.25) is 4.79 Å². The highest BCUT2D eigenvalue weighted by Gasteiger charge is 2.32. The van der Waals surface area contributed by atoms with Gasteiger partial charge in [0.15, 0.2) is 0 Å². The van der Waals surface area contributed by atoms with E-state index in [1.807, 2.05) is 6.92 Å². The Morgan fingerprint density at radius 3 is 3.00 bits per heavy atom. The number of nitrogens with two attached hydrogens (primary N) is 1. The molecule has 0 aromatic heterocycles. The number of amides is 1. The van der Waals surface area contributed by atoms with Crippen LogP contribution in [0.15, 0.2) is 18.2 Å². The lowest BCUT2D eigenvalue weighted by atomic mass is 9.95. The average Bonchev–Trinajstić information content (AvgIpc) is 2.90. The number of ether oxygens (including phenoxy) is 1. The maximum absolute atomic E-state index is 12.4. The van der Waals surface area contributed by atoms with Crippen LogP contribution in [0.3, 0.4) is 0 Å². The Hall–Kier alpha value is -1.26. The molecule has 0 aliphatic heterocycles. The molecule has 1 aliphatic rings. The molecule has 1 fully saturated rings. The van der Waals surface area contributed by atoms with Crippen molar-refractivity contribution in [3.05, 3.63) is 23.2 Å². The molecule has 0 unspecified atom stereocenters. The SMILES string of the molecule is CCOc1cc(Cl)ccc1NC(=O)[C@@H]1CCC[C@@H]1CN. The summed E-state index contributed by atoms with van der Waals surface area (Å²) >= 11 is 5.95. The van der Waals surface area contributed by atoms with Gasteiger partial charge in [-0.15, -0.1) is 0 Å². The molecule has 0 saturated heterocycles. The molecule has 0 bridgehead atoms. The molecule has 1 aromatic carbocycles. The number of carbonyl (C=O) groups excluding carboxylic acids is 1. The number of benzene rings is 1. The lowest BCUT2D eigenvalue weighted by Gasteiger charge is -2.18. The van der Waals surface area contributed by atoms with Gasteiger partial charge in [-0.1, -0.05) is 18.0 Å². The van der Waals surface area contributed by atoms with Crippen molar-refractivity contribution in [2.24, 2.45) is 17.6 Å². The monoisotopic (exact) mass is 296 g/mol. The zero-order chi connectivity index (χ0) is 14.5. The van der Waals surface area contributed by atoms with E-state index in [0.717, 1.165) is 19.3 Å². The molecule has 2 rings (SSSR count). The van der Waals surface area contributed by atoms with Crippen molar-refractivity contribution in [1.29, 1.82) is 0 Å². The number of halogens is 1. The Morgan fingerprint density at radius 2 is 2.30 bits per heavy atom. The fraction of sp³-hybridized carbons (Fsp3) is 0.533. The number of nitrogens with one attached hydrogen (secondary N) is 1. The lowest BCUT2D eigenvalue weighted by Crippen LogP contribution is -2.29. The molecule has 1 aliphatic carbocycles. The van der Waals surface area contributed by atoms with Gasteiger partial charge in [0.2, 0.25) is 5.91 Å². The van der Waals surface area contributed by atoms with Crippen molar-refractivity contribution in [3.8, 4) is 5.75 Å². The summed E-state index contributed by atoms with van der Waals surface area (Å²) in [5.74, 6) is 0.930. The van der Waals surface area contributed by atoms with Gasteiger partial charge in [0.1, 0.15) is 5.75 Å². The maximum atomic E-state index is 12.4. The highest BCUT2D eigenvalue weighted by molar-refractivity contribution is 6.30. The molecular weight excluding hydrogens is 276 g/mol. The molecule has 1 amide bonds. The molecule has 110 valence electrons. The Balaban J connectivity index is 2.11. The van der Waals surface area contributed by atoms with Crippen molar-refractivity contribution in [3.63, 3.8) is 0 Å². The van der Waals surface area contributed by atoms with Crippen LogP contribution in [0, 0.1) is 11.8 Å². The number of hydrogen-bond donors (Lipinski definition) is 2. The van der Waals surface area contributed by atoms with Crippen LogP contribution in [-0.4, -0.2) is 19.1 Å². The van der Waals surface area contributed by atoms with Gasteiger partial charge in [0, 0.05) is 17.0 Å². The summed E-state index contributed by atoms with van der Waals surface area (Å²) in [6, 6.07) is 5.24. The quantitative estimate of drug-likeness (QED) is 0.878. The molecule has 5 heteroatoms. The van der Waals surface area contributed by atoms with Crippen molar-refractivity contribution >= 4 is 23.2 Å². The number of hydrogen-bond acceptors (Lipinski definition) is 3. The predicted octanol–water partition coefficient (Wildman–Crippen LogP) is 3.05. The Labute approximate surface area is 124 Å². The third kappa shape index (κ3) is 3.44. The summed E-state index contributed by atoms with van der Waals surface area (Å²) in [6.07, 6.45) is 3.01. The van der Waals surface area contributed by atoms with Gasteiger partial charge in [-0.25, -0.2) is 0 Å². The third-order valence-corrected chi connectivity index (χ3v) is 4.04. The molecule has 0 heterocycles. The fourth-order valence-electron chi connectivity index (χ4n) is 2.76. The third-order valence-electron chi connectivity index (χ3n) is 3.80. The molecule has 0 radical (unpaired) electrons. The van der Waals surface area contributed by atoms with E-state index in [4.69, 9.17) is 22.1 Å². The first kappa shape index (κ1) is 15.1. The normalized spacial score (nSPS) is 21.8. The molecule has 3 N–H and O–H groups in total. The minimum atomic E-state index is 0.00477.